The van der Waals surface area contributed by atoms with Gasteiger partial charge >= 0.3 is 0 Å². The first kappa shape index (κ1) is 10.3. The second-order valence-corrected chi connectivity index (χ2v) is 3.49. The van der Waals surface area contributed by atoms with Crippen LogP contribution in [0.2, 0.25) is 0 Å². The average Bonchev–Trinajstić information content (AvgIpc) is 2.16. The first-order chi connectivity index (χ1) is 6.15. The maximum absolute atomic E-state index is 4.98. The Kier molecular flexibility index (Phi) is 3.50. The Morgan fingerprint density at radius 3 is 2.85 bits per heavy atom. The van der Waals surface area contributed by atoms with Crippen molar-refractivity contribution in [1.29, 1.82) is 0 Å². The molecule has 70 valence electrons. The second-order valence-electron chi connectivity index (χ2n) is 2.38. The summed E-state index contributed by atoms with van der Waals surface area (Å²) in [5.41, 5.74) is 0. The lowest BCUT2D eigenvalue weighted by Crippen LogP contribution is -2.20. The summed E-state index contributed by atoms with van der Waals surface area (Å²) in [4.78, 5) is 5.88. The molecule has 0 radical (unpaired) electrons. The van der Waals surface area contributed by atoms with Crippen molar-refractivity contribution in [3.8, 4) is 5.88 Å². The van der Waals surface area contributed by atoms with Gasteiger partial charge in [-0.2, -0.15) is 4.98 Å². The van der Waals surface area contributed by atoms with E-state index in [1.54, 1.807) is 25.1 Å². The van der Waals surface area contributed by atoms with E-state index in [0.29, 0.717) is 10.2 Å². The van der Waals surface area contributed by atoms with Crippen molar-refractivity contribution in [3.05, 3.63) is 18.2 Å². The normalized spacial score (nSPS) is 9.46. The van der Waals surface area contributed by atoms with Gasteiger partial charge < -0.3 is 9.64 Å². The summed E-state index contributed by atoms with van der Waals surface area (Å²) in [6, 6.07) is 5.47. The fourth-order valence-electron chi connectivity index (χ4n) is 0.802. The average molecular weight is 214 g/mol. The van der Waals surface area contributed by atoms with Crippen LogP contribution in [0.5, 0.6) is 5.88 Å². The highest BCUT2D eigenvalue weighted by atomic mass is 32.1. The molecule has 0 unspecified atom stereocenters. The minimum absolute atomic E-state index is 0.473. The highest BCUT2D eigenvalue weighted by Gasteiger charge is 2.04. The van der Waals surface area contributed by atoms with Gasteiger partial charge in [-0.15, -0.1) is 12.6 Å². The standard InChI is InChI=1S/C8H10N2OS2/c1-10(8(12)13)6-4-3-5-7(9-6)11-2/h3-5H,1-2H3,(H,12,13). The topological polar surface area (TPSA) is 25.4 Å². The molecular weight excluding hydrogens is 204 g/mol. The van der Waals surface area contributed by atoms with E-state index in [-0.39, 0.29) is 0 Å². The Morgan fingerprint density at radius 1 is 1.62 bits per heavy atom. The number of anilines is 1. The molecule has 5 heteroatoms. The van der Waals surface area contributed by atoms with E-state index >= 15 is 0 Å². The third-order valence-corrected chi connectivity index (χ3v) is 2.12. The lowest BCUT2D eigenvalue weighted by atomic mass is 10.4. The van der Waals surface area contributed by atoms with Crippen molar-refractivity contribution >= 4 is 35.0 Å². The molecule has 0 N–H and O–H groups in total. The van der Waals surface area contributed by atoms with Gasteiger partial charge in [0.25, 0.3) is 0 Å². The molecular formula is C8H10N2OS2. The van der Waals surface area contributed by atoms with Gasteiger partial charge in [0.1, 0.15) is 10.1 Å². The molecule has 0 aromatic carbocycles. The molecule has 0 fully saturated rings. The third-order valence-electron chi connectivity index (χ3n) is 1.55. The summed E-state index contributed by atoms with van der Waals surface area (Å²) >= 11 is 8.93. The molecule has 0 aliphatic heterocycles. The molecule has 0 saturated heterocycles. The van der Waals surface area contributed by atoms with Gasteiger partial charge in [-0.05, 0) is 6.07 Å². The van der Waals surface area contributed by atoms with E-state index in [2.05, 4.69) is 17.6 Å². The molecule has 0 saturated carbocycles. The van der Waals surface area contributed by atoms with Crippen LogP contribution >= 0.6 is 24.8 Å². The molecule has 1 aromatic heterocycles. The van der Waals surface area contributed by atoms with Crippen LogP contribution in [0.15, 0.2) is 18.2 Å². The Bertz CT molecular complexity index is 317. The Balaban J connectivity index is 2.94. The van der Waals surface area contributed by atoms with Gasteiger partial charge in [0, 0.05) is 13.1 Å². The number of thiocarbonyl (C=S) groups is 1. The molecule has 0 aliphatic carbocycles. The summed E-state index contributed by atoms with van der Waals surface area (Å²) in [6.07, 6.45) is 0. The predicted molar refractivity (Wildman–Crippen MR) is 60.8 cm³/mol. The number of hydrogen-bond donors (Lipinski definition) is 1. The third kappa shape index (κ3) is 2.57. The van der Waals surface area contributed by atoms with Crippen LogP contribution in [0.1, 0.15) is 0 Å². The first-order valence-corrected chi connectivity index (χ1v) is 4.48. The molecule has 0 aliphatic rings. The first-order valence-electron chi connectivity index (χ1n) is 3.63. The van der Waals surface area contributed by atoms with Crippen LogP contribution in [0, 0.1) is 0 Å². The van der Waals surface area contributed by atoms with E-state index in [1.165, 1.54) is 0 Å². The summed E-state index contributed by atoms with van der Waals surface area (Å²) in [5, 5.41) is 0. The maximum atomic E-state index is 4.98. The Labute approximate surface area is 88.1 Å². The van der Waals surface area contributed by atoms with Crippen LogP contribution in [0.3, 0.4) is 0 Å². The Morgan fingerprint density at radius 2 is 2.31 bits per heavy atom. The summed E-state index contributed by atoms with van der Waals surface area (Å²) in [7, 11) is 3.38. The molecule has 0 spiro atoms. The minimum Gasteiger partial charge on any atom is -0.481 e. The van der Waals surface area contributed by atoms with E-state index in [4.69, 9.17) is 17.0 Å². The lowest BCUT2D eigenvalue weighted by molar-refractivity contribution is 0.398. The number of thiol groups is 1. The van der Waals surface area contributed by atoms with Gasteiger partial charge in [0.2, 0.25) is 5.88 Å². The van der Waals surface area contributed by atoms with Crippen LogP contribution in [-0.2, 0) is 0 Å². The number of nitrogens with zero attached hydrogens (tertiary/aromatic N) is 2. The molecule has 0 bridgehead atoms. The van der Waals surface area contributed by atoms with Crippen LogP contribution in [0.25, 0.3) is 0 Å². The number of hydrogen-bond acceptors (Lipinski definition) is 3. The summed E-state index contributed by atoms with van der Waals surface area (Å²) in [6.45, 7) is 0. The monoisotopic (exact) mass is 214 g/mol. The van der Waals surface area contributed by atoms with Crippen molar-refractivity contribution in [2.24, 2.45) is 0 Å². The largest absolute Gasteiger partial charge is 0.481 e. The zero-order valence-electron chi connectivity index (χ0n) is 7.39. The number of rotatable bonds is 2. The highest BCUT2D eigenvalue weighted by Crippen LogP contribution is 2.15. The second kappa shape index (κ2) is 4.43. The van der Waals surface area contributed by atoms with E-state index in [9.17, 15) is 0 Å². The lowest BCUT2D eigenvalue weighted by Gasteiger charge is -2.15. The Hall–Kier alpha value is -0.810. The molecule has 3 nitrogen and oxygen atoms in total. The molecule has 1 rings (SSSR count). The van der Waals surface area contributed by atoms with Crippen LogP contribution in [-0.4, -0.2) is 23.5 Å². The molecule has 0 atom stereocenters. The van der Waals surface area contributed by atoms with Gasteiger partial charge in [0.05, 0.1) is 7.11 Å². The number of pyridine rings is 1. The molecule has 1 aromatic rings. The molecule has 13 heavy (non-hydrogen) atoms. The maximum Gasteiger partial charge on any atom is 0.214 e. The van der Waals surface area contributed by atoms with Crippen molar-refractivity contribution in [3.63, 3.8) is 0 Å². The van der Waals surface area contributed by atoms with Gasteiger partial charge in [-0.1, -0.05) is 18.3 Å². The zero-order chi connectivity index (χ0) is 9.84. The fraction of sp³-hybridized carbons (Fsp3) is 0.250. The summed E-state index contributed by atoms with van der Waals surface area (Å²) < 4.78 is 5.45. The molecule has 1 heterocycles. The van der Waals surface area contributed by atoms with Crippen molar-refractivity contribution in [2.45, 2.75) is 0 Å². The SMILES string of the molecule is COc1cccc(N(C)C(=S)S)n1. The smallest absolute Gasteiger partial charge is 0.214 e. The van der Waals surface area contributed by atoms with Crippen molar-refractivity contribution in [1.82, 2.24) is 4.98 Å². The summed E-state index contributed by atoms with van der Waals surface area (Å²) in [5.74, 6) is 1.29. The fourth-order valence-corrected chi connectivity index (χ4v) is 0.998. The van der Waals surface area contributed by atoms with Gasteiger partial charge in [-0.25, -0.2) is 0 Å². The van der Waals surface area contributed by atoms with Crippen LogP contribution in [0.4, 0.5) is 5.82 Å². The zero-order valence-corrected chi connectivity index (χ0v) is 9.10. The number of aromatic nitrogens is 1. The predicted octanol–water partition coefficient (Wildman–Crippen LogP) is 1.74. The van der Waals surface area contributed by atoms with Crippen LogP contribution < -0.4 is 9.64 Å². The van der Waals surface area contributed by atoms with E-state index in [1.807, 2.05) is 12.1 Å². The number of ether oxygens (including phenoxy) is 1. The quantitative estimate of drug-likeness (QED) is 0.599. The van der Waals surface area contributed by atoms with Crippen molar-refractivity contribution < 1.29 is 4.74 Å². The van der Waals surface area contributed by atoms with Crippen molar-refractivity contribution in [2.75, 3.05) is 19.1 Å². The van der Waals surface area contributed by atoms with E-state index in [0.717, 1.165) is 5.82 Å². The molecule has 0 amide bonds. The van der Waals surface area contributed by atoms with Gasteiger partial charge in [-0.3, -0.25) is 0 Å². The minimum atomic E-state index is 0.473. The van der Waals surface area contributed by atoms with E-state index < -0.39 is 0 Å². The number of methoxy groups -OCH3 is 1. The highest BCUT2D eigenvalue weighted by molar-refractivity contribution is 8.11. The van der Waals surface area contributed by atoms with Gasteiger partial charge in [0.15, 0.2) is 0 Å².